The topological polar surface area (TPSA) is 63.9 Å². The molecule has 0 radical (unpaired) electrons. The molecule has 0 aliphatic carbocycles. The Morgan fingerprint density at radius 3 is 2.47 bits per heavy atom. The first-order valence-electron chi connectivity index (χ1n) is 9.71. The van der Waals surface area contributed by atoms with Gasteiger partial charge in [0.1, 0.15) is 18.1 Å². The Kier molecular flexibility index (Phi) is 7.52. The molecular formula is C21H25F3N2O4. The smallest absolute Gasteiger partial charge is 0.411 e. The minimum Gasteiger partial charge on any atom is -0.465 e. The quantitative estimate of drug-likeness (QED) is 0.700. The second-order valence-electron chi connectivity index (χ2n) is 7.13. The van der Waals surface area contributed by atoms with Gasteiger partial charge in [0.05, 0.1) is 25.9 Å². The van der Waals surface area contributed by atoms with Gasteiger partial charge in [-0.05, 0) is 36.8 Å². The van der Waals surface area contributed by atoms with Gasteiger partial charge in [-0.3, -0.25) is 9.69 Å². The van der Waals surface area contributed by atoms with Crippen LogP contribution in [0.2, 0.25) is 0 Å². The van der Waals surface area contributed by atoms with Crippen LogP contribution in [0.5, 0.6) is 0 Å². The molecule has 0 saturated carbocycles. The number of benzene rings is 1. The lowest BCUT2D eigenvalue weighted by Crippen LogP contribution is -2.43. The summed E-state index contributed by atoms with van der Waals surface area (Å²) < 4.78 is 52.3. The highest BCUT2D eigenvalue weighted by molar-refractivity contribution is 5.94. The highest BCUT2D eigenvalue weighted by Crippen LogP contribution is 2.23. The molecule has 2 aromatic rings. The number of carbonyl (C=O) groups is 1. The molecule has 1 unspecified atom stereocenters. The fourth-order valence-corrected chi connectivity index (χ4v) is 3.26. The standard InChI is InChI=1S/C21H25F3N2O4/c1-15-2-7-19(30-15)18(26-8-10-28-11-9-26)12-25-20(27)17-5-3-16(4-6-17)13-29-14-21(22,23)24/h2-7,18H,8-14H2,1H3,(H,25,27). The van der Waals surface area contributed by atoms with Crippen molar-refractivity contribution in [1.82, 2.24) is 10.2 Å². The third kappa shape index (κ3) is 6.58. The van der Waals surface area contributed by atoms with Crippen molar-refractivity contribution >= 4 is 5.91 Å². The molecule has 1 aromatic heterocycles. The first kappa shape index (κ1) is 22.3. The molecule has 1 saturated heterocycles. The number of morpholine rings is 1. The van der Waals surface area contributed by atoms with Crippen LogP contribution >= 0.6 is 0 Å². The summed E-state index contributed by atoms with van der Waals surface area (Å²) in [7, 11) is 0. The van der Waals surface area contributed by atoms with Gasteiger partial charge in [0.15, 0.2) is 0 Å². The normalized spacial score (nSPS) is 16.4. The van der Waals surface area contributed by atoms with E-state index in [1.807, 2.05) is 19.1 Å². The van der Waals surface area contributed by atoms with E-state index in [1.54, 1.807) is 24.3 Å². The maximum absolute atomic E-state index is 12.6. The number of alkyl halides is 3. The van der Waals surface area contributed by atoms with Gasteiger partial charge in [-0.25, -0.2) is 0 Å². The predicted octanol–water partition coefficient (Wildman–Crippen LogP) is 3.47. The molecule has 2 heterocycles. The molecule has 164 valence electrons. The first-order valence-corrected chi connectivity index (χ1v) is 9.71. The van der Waals surface area contributed by atoms with E-state index in [1.165, 1.54) is 0 Å². The van der Waals surface area contributed by atoms with Crippen LogP contribution in [0.15, 0.2) is 40.8 Å². The Morgan fingerprint density at radius 2 is 1.87 bits per heavy atom. The maximum Gasteiger partial charge on any atom is 0.411 e. The number of amides is 1. The van der Waals surface area contributed by atoms with E-state index in [0.29, 0.717) is 30.9 Å². The zero-order chi connectivity index (χ0) is 21.6. The van der Waals surface area contributed by atoms with Crippen molar-refractivity contribution in [3.63, 3.8) is 0 Å². The molecule has 6 nitrogen and oxygen atoms in total. The first-order chi connectivity index (χ1) is 14.3. The third-order valence-corrected chi connectivity index (χ3v) is 4.78. The largest absolute Gasteiger partial charge is 0.465 e. The monoisotopic (exact) mass is 426 g/mol. The Hall–Kier alpha value is -2.36. The van der Waals surface area contributed by atoms with E-state index in [9.17, 15) is 18.0 Å². The van der Waals surface area contributed by atoms with E-state index in [0.717, 1.165) is 24.6 Å². The van der Waals surface area contributed by atoms with Crippen LogP contribution in [0.4, 0.5) is 13.2 Å². The molecule has 3 rings (SSSR count). The van der Waals surface area contributed by atoms with Crippen LogP contribution in [0.3, 0.4) is 0 Å². The van der Waals surface area contributed by atoms with Gasteiger partial charge >= 0.3 is 6.18 Å². The summed E-state index contributed by atoms with van der Waals surface area (Å²) in [5, 5.41) is 2.93. The van der Waals surface area contributed by atoms with E-state index in [-0.39, 0.29) is 18.6 Å². The fraction of sp³-hybridized carbons (Fsp3) is 0.476. The van der Waals surface area contributed by atoms with Crippen LogP contribution in [0, 0.1) is 6.92 Å². The summed E-state index contributed by atoms with van der Waals surface area (Å²) in [6.07, 6.45) is -4.36. The minimum atomic E-state index is -4.36. The van der Waals surface area contributed by atoms with E-state index >= 15 is 0 Å². The summed E-state index contributed by atoms with van der Waals surface area (Å²) in [6.45, 7) is 3.51. The van der Waals surface area contributed by atoms with Crippen molar-refractivity contribution in [3.8, 4) is 0 Å². The van der Waals surface area contributed by atoms with Crippen LogP contribution in [-0.4, -0.2) is 56.4 Å². The van der Waals surface area contributed by atoms with Crippen molar-refractivity contribution in [3.05, 3.63) is 59.0 Å². The van der Waals surface area contributed by atoms with Crippen LogP contribution in [-0.2, 0) is 16.1 Å². The third-order valence-electron chi connectivity index (χ3n) is 4.78. The molecular weight excluding hydrogens is 401 g/mol. The van der Waals surface area contributed by atoms with Gasteiger partial charge in [-0.1, -0.05) is 12.1 Å². The van der Waals surface area contributed by atoms with Gasteiger partial charge < -0.3 is 19.2 Å². The highest BCUT2D eigenvalue weighted by Gasteiger charge is 2.27. The van der Waals surface area contributed by atoms with Crippen molar-refractivity contribution in [2.45, 2.75) is 25.7 Å². The lowest BCUT2D eigenvalue weighted by atomic mass is 10.1. The van der Waals surface area contributed by atoms with Crippen molar-refractivity contribution in [1.29, 1.82) is 0 Å². The predicted molar refractivity (Wildman–Crippen MR) is 103 cm³/mol. The number of ether oxygens (including phenoxy) is 2. The van der Waals surface area contributed by atoms with E-state index in [2.05, 4.69) is 15.0 Å². The zero-order valence-corrected chi connectivity index (χ0v) is 16.7. The number of nitrogens with one attached hydrogen (secondary N) is 1. The number of aryl methyl sites for hydroxylation is 1. The molecule has 1 amide bonds. The van der Waals surface area contributed by atoms with Crippen molar-refractivity contribution in [2.24, 2.45) is 0 Å². The van der Waals surface area contributed by atoms with Gasteiger partial charge in [-0.15, -0.1) is 0 Å². The molecule has 1 aromatic carbocycles. The average Bonchev–Trinajstić information content (AvgIpc) is 3.14. The van der Waals surface area contributed by atoms with E-state index < -0.39 is 12.8 Å². The van der Waals surface area contributed by atoms with Crippen LogP contribution in [0.1, 0.15) is 33.5 Å². The Balaban J connectivity index is 1.57. The number of nitrogens with zero attached hydrogens (tertiary/aromatic N) is 1. The van der Waals surface area contributed by atoms with Gasteiger partial charge in [0.25, 0.3) is 5.91 Å². The summed E-state index contributed by atoms with van der Waals surface area (Å²) >= 11 is 0. The van der Waals surface area contributed by atoms with Gasteiger partial charge in [0, 0.05) is 25.2 Å². The van der Waals surface area contributed by atoms with Crippen molar-refractivity contribution < 1.29 is 31.9 Å². The van der Waals surface area contributed by atoms with Crippen LogP contribution in [0.25, 0.3) is 0 Å². The number of hydrogen-bond donors (Lipinski definition) is 1. The number of furan rings is 1. The molecule has 1 fully saturated rings. The number of carbonyl (C=O) groups excluding carboxylic acids is 1. The summed E-state index contributed by atoms with van der Waals surface area (Å²) in [6, 6.07) is 10.0. The average molecular weight is 426 g/mol. The molecule has 0 spiro atoms. The van der Waals surface area contributed by atoms with Crippen molar-refractivity contribution in [2.75, 3.05) is 39.5 Å². The second kappa shape index (κ2) is 10.1. The Bertz CT molecular complexity index is 814. The summed E-state index contributed by atoms with van der Waals surface area (Å²) in [5.74, 6) is 1.32. The molecule has 1 aliphatic heterocycles. The minimum absolute atomic E-state index is 0.110. The van der Waals surface area contributed by atoms with Gasteiger partial charge in [0.2, 0.25) is 0 Å². The second-order valence-corrected chi connectivity index (χ2v) is 7.13. The molecule has 1 aliphatic rings. The summed E-state index contributed by atoms with van der Waals surface area (Å²) in [5.41, 5.74) is 0.985. The SMILES string of the molecule is Cc1ccc(C(CNC(=O)c2ccc(COCC(F)(F)F)cc2)N2CCOCC2)o1. The van der Waals surface area contributed by atoms with E-state index in [4.69, 9.17) is 9.15 Å². The number of hydrogen-bond acceptors (Lipinski definition) is 5. The summed E-state index contributed by atoms with van der Waals surface area (Å²) in [4.78, 5) is 14.8. The molecule has 9 heteroatoms. The molecule has 1 N–H and O–H groups in total. The maximum atomic E-state index is 12.6. The fourth-order valence-electron chi connectivity index (χ4n) is 3.26. The molecule has 1 atom stereocenters. The Labute approximate surface area is 172 Å². The molecule has 30 heavy (non-hydrogen) atoms. The molecule has 0 bridgehead atoms. The lowest BCUT2D eigenvalue weighted by molar-refractivity contribution is -0.176. The van der Waals surface area contributed by atoms with Crippen LogP contribution < -0.4 is 5.32 Å². The zero-order valence-electron chi connectivity index (χ0n) is 16.7. The van der Waals surface area contributed by atoms with Gasteiger partial charge in [-0.2, -0.15) is 13.2 Å². The Morgan fingerprint density at radius 1 is 1.17 bits per heavy atom. The lowest BCUT2D eigenvalue weighted by Gasteiger charge is -2.33. The number of rotatable bonds is 8. The highest BCUT2D eigenvalue weighted by atomic mass is 19.4. The number of halogens is 3.